The van der Waals surface area contributed by atoms with Gasteiger partial charge in [0.05, 0.1) is 34.3 Å². The second-order valence-electron chi connectivity index (χ2n) is 8.78. The van der Waals surface area contributed by atoms with Gasteiger partial charge in [-0.15, -0.1) is 15.3 Å². The van der Waals surface area contributed by atoms with E-state index in [0.717, 1.165) is 36.2 Å². The van der Waals surface area contributed by atoms with Gasteiger partial charge in [-0.1, -0.05) is 19.9 Å². The van der Waals surface area contributed by atoms with Gasteiger partial charge >= 0.3 is 0 Å². The summed E-state index contributed by atoms with van der Waals surface area (Å²) in [4.78, 5) is 12.2. The molecule has 3 heterocycles. The number of nitrogens with zero attached hydrogens (tertiary/aromatic N) is 6. The van der Waals surface area contributed by atoms with Crippen molar-refractivity contribution in [3.63, 3.8) is 0 Å². The molecule has 8 nitrogen and oxygen atoms in total. The lowest BCUT2D eigenvalue weighted by molar-refractivity contribution is 0.272. The molecule has 1 aromatic carbocycles. The zero-order chi connectivity index (χ0) is 24.6. The van der Waals surface area contributed by atoms with Gasteiger partial charge in [0.1, 0.15) is 23.9 Å². The van der Waals surface area contributed by atoms with E-state index in [-0.39, 0.29) is 23.8 Å². The largest absolute Gasteiger partial charge is 0.388 e. The van der Waals surface area contributed by atoms with E-state index >= 15 is 0 Å². The number of aliphatic hydroxyl groups excluding tert-OH is 1. The normalized spacial score (nSPS) is 19.5. The van der Waals surface area contributed by atoms with Gasteiger partial charge in [0.15, 0.2) is 11.6 Å². The molecule has 0 saturated heterocycles. The summed E-state index contributed by atoms with van der Waals surface area (Å²) in [5.41, 5.74) is 2.36. The highest BCUT2D eigenvalue weighted by molar-refractivity contribution is 5.62. The number of aromatic nitrogens is 7. The summed E-state index contributed by atoms with van der Waals surface area (Å²) in [5, 5.41) is 26.1. The van der Waals surface area contributed by atoms with Crippen LogP contribution in [0.1, 0.15) is 68.2 Å². The number of halogens is 2. The molecule has 2 N–H and O–H groups in total. The second kappa shape index (κ2) is 9.18. The van der Waals surface area contributed by atoms with Crippen LogP contribution in [0.4, 0.5) is 8.78 Å². The first-order chi connectivity index (χ1) is 17.0. The SMILES string of the molecule is CC[C@H]1CC[C@](CC)(c2cncc(-c3nnc(CO)[nH]3)n2)c2nnc(-c3c(F)cccc3F)cc21. The molecule has 5 rings (SSSR count). The van der Waals surface area contributed by atoms with E-state index in [2.05, 4.69) is 44.2 Å². The molecular weight excluding hydrogens is 452 g/mol. The van der Waals surface area contributed by atoms with E-state index in [1.54, 1.807) is 18.5 Å². The van der Waals surface area contributed by atoms with E-state index in [1.807, 2.05) is 0 Å². The predicted octanol–water partition coefficient (Wildman–Crippen LogP) is 4.47. The van der Waals surface area contributed by atoms with Crippen LogP contribution in [-0.2, 0) is 12.0 Å². The summed E-state index contributed by atoms with van der Waals surface area (Å²) in [6.07, 6.45) is 6.51. The van der Waals surface area contributed by atoms with E-state index in [4.69, 9.17) is 4.98 Å². The van der Waals surface area contributed by atoms with Crippen LogP contribution in [0.2, 0.25) is 0 Å². The Labute approximate surface area is 200 Å². The Bertz CT molecular complexity index is 1360. The minimum absolute atomic E-state index is 0.169. The molecule has 35 heavy (non-hydrogen) atoms. The van der Waals surface area contributed by atoms with Gasteiger partial charge in [-0.2, -0.15) is 5.10 Å². The van der Waals surface area contributed by atoms with E-state index < -0.39 is 17.0 Å². The highest BCUT2D eigenvalue weighted by Gasteiger charge is 2.43. The minimum atomic E-state index is -0.669. The summed E-state index contributed by atoms with van der Waals surface area (Å²) >= 11 is 0. The molecule has 0 fully saturated rings. The quantitative estimate of drug-likeness (QED) is 0.421. The van der Waals surface area contributed by atoms with Crippen LogP contribution in [0.15, 0.2) is 36.7 Å². The summed E-state index contributed by atoms with van der Waals surface area (Å²) < 4.78 is 29.0. The standard InChI is InChI=1S/C25H25F2N7O/c1-3-14-8-9-25(4-2,20-12-28-11-19(29-20)24-30-21(13-35)32-34-24)23-15(14)10-18(31-33-23)22-16(26)6-5-7-17(22)27/h5-7,10-12,14,35H,3-4,8-9,13H2,1-2H3,(H,30,32,34)/t14-,25+/m0/s1. The van der Waals surface area contributed by atoms with E-state index in [0.29, 0.717) is 23.8 Å². The smallest absolute Gasteiger partial charge is 0.181 e. The second-order valence-corrected chi connectivity index (χ2v) is 8.78. The van der Waals surface area contributed by atoms with Crippen molar-refractivity contribution in [3.8, 4) is 22.8 Å². The van der Waals surface area contributed by atoms with Crippen molar-refractivity contribution < 1.29 is 13.9 Å². The molecule has 0 bridgehead atoms. The van der Waals surface area contributed by atoms with Crippen LogP contribution in [-0.4, -0.2) is 40.5 Å². The number of H-pyrrole nitrogens is 1. The first-order valence-corrected chi connectivity index (χ1v) is 11.7. The molecule has 4 aromatic rings. The van der Waals surface area contributed by atoms with E-state index in [9.17, 15) is 13.9 Å². The van der Waals surface area contributed by atoms with Crippen LogP contribution in [0.3, 0.4) is 0 Å². The molecule has 10 heteroatoms. The van der Waals surface area contributed by atoms with Gasteiger partial charge in [0.2, 0.25) is 0 Å². The highest BCUT2D eigenvalue weighted by atomic mass is 19.1. The lowest BCUT2D eigenvalue weighted by Crippen LogP contribution is -2.36. The maximum atomic E-state index is 14.5. The fraction of sp³-hybridized carbons (Fsp3) is 0.360. The molecule has 0 aliphatic heterocycles. The van der Waals surface area contributed by atoms with Crippen LogP contribution < -0.4 is 0 Å². The van der Waals surface area contributed by atoms with Crippen molar-refractivity contribution in [2.24, 2.45) is 0 Å². The zero-order valence-corrected chi connectivity index (χ0v) is 19.5. The number of fused-ring (bicyclic) bond motifs is 1. The average molecular weight is 478 g/mol. The Kier molecular flexibility index (Phi) is 6.06. The predicted molar refractivity (Wildman–Crippen MR) is 124 cm³/mol. The molecule has 0 radical (unpaired) electrons. The Hall–Kier alpha value is -3.66. The van der Waals surface area contributed by atoms with Crippen LogP contribution >= 0.6 is 0 Å². The molecule has 180 valence electrons. The Morgan fingerprint density at radius 1 is 1.06 bits per heavy atom. The van der Waals surface area contributed by atoms with Crippen LogP contribution in [0.5, 0.6) is 0 Å². The molecule has 1 aliphatic rings. The number of benzene rings is 1. The first kappa shape index (κ1) is 23.1. The van der Waals surface area contributed by atoms with Gasteiger partial charge in [0.25, 0.3) is 0 Å². The van der Waals surface area contributed by atoms with Crippen molar-refractivity contribution in [3.05, 3.63) is 71.1 Å². The topological polar surface area (TPSA) is 113 Å². The molecule has 0 unspecified atom stereocenters. The third kappa shape index (κ3) is 3.87. The van der Waals surface area contributed by atoms with Gasteiger partial charge in [-0.05, 0) is 55.4 Å². The number of hydrogen-bond donors (Lipinski definition) is 2. The number of nitrogens with one attached hydrogen (secondary N) is 1. The third-order valence-corrected chi connectivity index (χ3v) is 7.00. The molecule has 1 aliphatic carbocycles. The fourth-order valence-corrected chi connectivity index (χ4v) is 5.04. The Balaban J connectivity index is 1.65. The van der Waals surface area contributed by atoms with Gasteiger partial charge in [0, 0.05) is 6.20 Å². The van der Waals surface area contributed by atoms with Gasteiger partial charge < -0.3 is 10.1 Å². The fourth-order valence-electron chi connectivity index (χ4n) is 5.04. The first-order valence-electron chi connectivity index (χ1n) is 11.7. The summed E-state index contributed by atoms with van der Waals surface area (Å²) in [6, 6.07) is 5.56. The molecule has 0 amide bonds. The summed E-state index contributed by atoms with van der Waals surface area (Å²) in [7, 11) is 0. The number of aromatic amines is 1. The highest BCUT2D eigenvalue weighted by Crippen LogP contribution is 2.49. The van der Waals surface area contributed by atoms with Gasteiger partial charge in [-0.25, -0.2) is 13.8 Å². The number of rotatable bonds is 6. The van der Waals surface area contributed by atoms with Crippen LogP contribution in [0, 0.1) is 11.6 Å². The maximum absolute atomic E-state index is 14.5. The number of hydrogen-bond acceptors (Lipinski definition) is 7. The maximum Gasteiger partial charge on any atom is 0.181 e. The molecule has 2 atom stereocenters. The Morgan fingerprint density at radius 3 is 2.54 bits per heavy atom. The van der Waals surface area contributed by atoms with Crippen molar-refractivity contribution in [1.29, 1.82) is 0 Å². The molecular formula is C25H25F2N7O. The van der Waals surface area contributed by atoms with Crippen molar-refractivity contribution in [2.45, 2.75) is 57.5 Å². The molecule has 3 aromatic heterocycles. The summed E-state index contributed by atoms with van der Waals surface area (Å²) in [5.74, 6) is -0.402. The van der Waals surface area contributed by atoms with Crippen molar-refractivity contribution in [2.75, 3.05) is 0 Å². The lowest BCUT2D eigenvalue weighted by Gasteiger charge is -2.39. The van der Waals surface area contributed by atoms with Crippen molar-refractivity contribution >= 4 is 0 Å². The zero-order valence-electron chi connectivity index (χ0n) is 19.5. The molecule has 0 saturated carbocycles. The summed E-state index contributed by atoms with van der Waals surface area (Å²) in [6.45, 7) is 3.90. The molecule has 0 spiro atoms. The van der Waals surface area contributed by atoms with Gasteiger partial charge in [-0.3, -0.25) is 4.98 Å². The minimum Gasteiger partial charge on any atom is -0.388 e. The Morgan fingerprint density at radius 2 is 1.86 bits per heavy atom. The third-order valence-electron chi connectivity index (χ3n) is 7.00. The van der Waals surface area contributed by atoms with Crippen LogP contribution in [0.25, 0.3) is 22.8 Å². The lowest BCUT2D eigenvalue weighted by atomic mass is 9.65. The monoisotopic (exact) mass is 477 g/mol. The average Bonchev–Trinajstić information content (AvgIpc) is 3.37. The van der Waals surface area contributed by atoms with E-state index in [1.165, 1.54) is 18.2 Å². The number of aliphatic hydroxyl groups is 1. The van der Waals surface area contributed by atoms with Crippen molar-refractivity contribution in [1.82, 2.24) is 35.3 Å².